The summed E-state index contributed by atoms with van der Waals surface area (Å²) in [4.78, 5) is 12.6. The Hall–Kier alpha value is -2.04. The summed E-state index contributed by atoms with van der Waals surface area (Å²) in [5.41, 5.74) is 8.39. The van der Waals surface area contributed by atoms with E-state index in [0.29, 0.717) is 18.8 Å². The van der Waals surface area contributed by atoms with Crippen LogP contribution in [0.2, 0.25) is 0 Å². The van der Waals surface area contributed by atoms with Gasteiger partial charge in [-0.3, -0.25) is 4.79 Å². The molecule has 5 nitrogen and oxygen atoms in total. The second-order valence-electron chi connectivity index (χ2n) is 6.37. The Bertz CT molecular complexity index is 604. The predicted octanol–water partition coefficient (Wildman–Crippen LogP) is 2.28. The van der Waals surface area contributed by atoms with Crippen LogP contribution >= 0.6 is 0 Å². The van der Waals surface area contributed by atoms with Gasteiger partial charge >= 0.3 is 0 Å². The van der Waals surface area contributed by atoms with E-state index in [1.807, 2.05) is 12.1 Å². The van der Waals surface area contributed by atoms with Gasteiger partial charge in [0.2, 0.25) is 5.91 Å². The van der Waals surface area contributed by atoms with Gasteiger partial charge in [-0.1, -0.05) is 18.1 Å². The van der Waals surface area contributed by atoms with Gasteiger partial charge in [-0.05, 0) is 61.3 Å². The SMILES string of the molecule is CC1CC(C(=O)Nc2ccc3c(c2)CCC3)(/C(N)=N/O)C1. The van der Waals surface area contributed by atoms with Crippen molar-refractivity contribution < 1.29 is 10.0 Å². The number of amides is 1. The van der Waals surface area contributed by atoms with Gasteiger partial charge in [-0.25, -0.2) is 0 Å². The van der Waals surface area contributed by atoms with Gasteiger partial charge in [-0.2, -0.15) is 0 Å². The molecule has 0 spiro atoms. The molecular weight excluding hydrogens is 266 g/mol. The van der Waals surface area contributed by atoms with E-state index in [2.05, 4.69) is 23.5 Å². The number of hydrogen-bond donors (Lipinski definition) is 3. The van der Waals surface area contributed by atoms with Gasteiger partial charge in [0, 0.05) is 5.69 Å². The van der Waals surface area contributed by atoms with Crippen LogP contribution in [0.15, 0.2) is 23.4 Å². The normalized spacial score (nSPS) is 27.9. The van der Waals surface area contributed by atoms with E-state index < -0.39 is 5.41 Å². The summed E-state index contributed by atoms with van der Waals surface area (Å²) in [5, 5.41) is 15.0. The van der Waals surface area contributed by atoms with E-state index >= 15 is 0 Å². The second-order valence-corrected chi connectivity index (χ2v) is 6.37. The van der Waals surface area contributed by atoms with Gasteiger partial charge in [0.1, 0.15) is 5.41 Å². The Balaban J connectivity index is 1.79. The number of carbonyl (C=O) groups is 1. The van der Waals surface area contributed by atoms with Gasteiger partial charge in [-0.15, -0.1) is 0 Å². The average molecular weight is 287 g/mol. The van der Waals surface area contributed by atoms with E-state index in [9.17, 15) is 4.79 Å². The second kappa shape index (κ2) is 5.06. The molecule has 1 aromatic rings. The lowest BCUT2D eigenvalue weighted by Gasteiger charge is -2.43. The number of rotatable bonds is 3. The number of oxime groups is 1. The summed E-state index contributed by atoms with van der Waals surface area (Å²) in [6, 6.07) is 6.06. The van der Waals surface area contributed by atoms with Crippen LogP contribution in [-0.2, 0) is 17.6 Å². The van der Waals surface area contributed by atoms with E-state index in [1.54, 1.807) is 0 Å². The van der Waals surface area contributed by atoms with Gasteiger partial charge < -0.3 is 16.3 Å². The lowest BCUT2D eigenvalue weighted by atomic mass is 9.61. The minimum Gasteiger partial charge on any atom is -0.409 e. The summed E-state index contributed by atoms with van der Waals surface area (Å²) >= 11 is 0. The van der Waals surface area contributed by atoms with Crippen molar-refractivity contribution in [1.82, 2.24) is 0 Å². The number of benzene rings is 1. The zero-order valence-corrected chi connectivity index (χ0v) is 12.2. The Kier molecular flexibility index (Phi) is 3.35. The molecule has 1 saturated carbocycles. The van der Waals surface area contributed by atoms with Crippen LogP contribution in [0.4, 0.5) is 5.69 Å². The van der Waals surface area contributed by atoms with Crippen molar-refractivity contribution in [1.29, 1.82) is 0 Å². The number of carbonyl (C=O) groups excluding carboxylic acids is 1. The molecule has 0 saturated heterocycles. The lowest BCUT2D eigenvalue weighted by molar-refractivity contribution is -0.127. The fraction of sp³-hybridized carbons (Fsp3) is 0.500. The lowest BCUT2D eigenvalue weighted by Crippen LogP contribution is -2.54. The molecule has 0 aromatic heterocycles. The maximum atomic E-state index is 12.6. The highest BCUT2D eigenvalue weighted by molar-refractivity contribution is 6.12. The van der Waals surface area contributed by atoms with Crippen molar-refractivity contribution in [3.63, 3.8) is 0 Å². The molecule has 4 N–H and O–H groups in total. The Morgan fingerprint density at radius 1 is 1.38 bits per heavy atom. The molecule has 0 unspecified atom stereocenters. The largest absolute Gasteiger partial charge is 0.409 e. The van der Waals surface area contributed by atoms with E-state index in [4.69, 9.17) is 10.9 Å². The van der Waals surface area contributed by atoms with Crippen LogP contribution < -0.4 is 11.1 Å². The zero-order valence-electron chi connectivity index (χ0n) is 12.2. The molecule has 1 fully saturated rings. The minimum absolute atomic E-state index is 0.0132. The van der Waals surface area contributed by atoms with Crippen LogP contribution in [-0.4, -0.2) is 17.0 Å². The van der Waals surface area contributed by atoms with Crippen LogP contribution in [0.25, 0.3) is 0 Å². The van der Waals surface area contributed by atoms with Crippen LogP contribution in [0.5, 0.6) is 0 Å². The molecule has 1 aromatic carbocycles. The summed E-state index contributed by atoms with van der Waals surface area (Å²) < 4.78 is 0. The van der Waals surface area contributed by atoms with E-state index in [0.717, 1.165) is 18.5 Å². The number of fused-ring (bicyclic) bond motifs is 1. The molecule has 0 aliphatic heterocycles. The molecule has 2 aliphatic carbocycles. The molecule has 112 valence electrons. The third kappa shape index (κ3) is 2.26. The molecular formula is C16H21N3O2. The molecule has 3 rings (SSSR count). The zero-order chi connectivity index (χ0) is 15.0. The smallest absolute Gasteiger partial charge is 0.238 e. The van der Waals surface area contributed by atoms with Crippen molar-refractivity contribution in [2.24, 2.45) is 22.2 Å². The standard InChI is InChI=1S/C16H21N3O2/c1-10-8-16(9-10,14(17)19-21)15(20)18-13-6-5-11-3-2-4-12(11)7-13/h5-7,10,21H,2-4,8-9H2,1H3,(H2,17,19)(H,18,20). The van der Waals surface area contributed by atoms with Crippen molar-refractivity contribution in [3.05, 3.63) is 29.3 Å². The summed E-state index contributed by atoms with van der Waals surface area (Å²) in [6.07, 6.45) is 4.62. The summed E-state index contributed by atoms with van der Waals surface area (Å²) in [5.74, 6) is 0.254. The number of anilines is 1. The van der Waals surface area contributed by atoms with Crippen molar-refractivity contribution in [3.8, 4) is 0 Å². The fourth-order valence-corrected chi connectivity index (χ4v) is 3.64. The molecule has 5 heteroatoms. The minimum atomic E-state index is -0.854. The number of nitrogens with one attached hydrogen (secondary N) is 1. The third-order valence-electron chi connectivity index (χ3n) is 4.78. The van der Waals surface area contributed by atoms with Crippen LogP contribution in [0.1, 0.15) is 37.3 Å². The Labute approximate surface area is 124 Å². The average Bonchev–Trinajstić information content (AvgIpc) is 2.90. The number of aryl methyl sites for hydroxylation is 2. The fourth-order valence-electron chi connectivity index (χ4n) is 3.64. The molecule has 0 heterocycles. The molecule has 2 aliphatic rings. The van der Waals surface area contributed by atoms with Gasteiger partial charge in [0.15, 0.2) is 5.84 Å². The number of hydrogen-bond acceptors (Lipinski definition) is 3. The van der Waals surface area contributed by atoms with Crippen LogP contribution in [0.3, 0.4) is 0 Å². The Morgan fingerprint density at radius 3 is 2.76 bits per heavy atom. The Morgan fingerprint density at radius 2 is 2.10 bits per heavy atom. The van der Waals surface area contributed by atoms with Gasteiger partial charge in [0.25, 0.3) is 0 Å². The number of nitrogens with two attached hydrogens (primary N) is 1. The topological polar surface area (TPSA) is 87.7 Å². The summed E-state index contributed by atoms with van der Waals surface area (Å²) in [7, 11) is 0. The predicted molar refractivity (Wildman–Crippen MR) is 81.3 cm³/mol. The first kappa shape index (κ1) is 13.9. The highest BCUT2D eigenvalue weighted by Crippen LogP contribution is 2.46. The van der Waals surface area contributed by atoms with Crippen molar-refractivity contribution in [2.75, 3.05) is 5.32 Å². The first-order chi connectivity index (χ1) is 10.0. The third-order valence-corrected chi connectivity index (χ3v) is 4.78. The van der Waals surface area contributed by atoms with Crippen molar-refractivity contribution >= 4 is 17.4 Å². The highest BCUT2D eigenvalue weighted by Gasteiger charge is 2.52. The molecule has 0 radical (unpaired) electrons. The van der Waals surface area contributed by atoms with E-state index in [-0.39, 0.29) is 11.7 Å². The first-order valence-electron chi connectivity index (χ1n) is 7.46. The van der Waals surface area contributed by atoms with Crippen molar-refractivity contribution in [2.45, 2.75) is 39.0 Å². The quantitative estimate of drug-likeness (QED) is 0.345. The van der Waals surface area contributed by atoms with Gasteiger partial charge in [0.05, 0.1) is 0 Å². The molecule has 1 amide bonds. The number of amidine groups is 1. The first-order valence-corrected chi connectivity index (χ1v) is 7.46. The van der Waals surface area contributed by atoms with E-state index in [1.165, 1.54) is 17.5 Å². The highest BCUT2D eigenvalue weighted by atomic mass is 16.4. The molecule has 0 atom stereocenters. The van der Waals surface area contributed by atoms with Crippen LogP contribution in [0, 0.1) is 11.3 Å². The maximum Gasteiger partial charge on any atom is 0.238 e. The summed E-state index contributed by atoms with van der Waals surface area (Å²) in [6.45, 7) is 2.06. The molecule has 21 heavy (non-hydrogen) atoms. The number of nitrogens with zero attached hydrogens (tertiary/aromatic N) is 1. The monoisotopic (exact) mass is 287 g/mol. The maximum absolute atomic E-state index is 12.6. The molecule has 0 bridgehead atoms.